The lowest BCUT2D eigenvalue weighted by Crippen LogP contribution is -2.50. The van der Waals surface area contributed by atoms with Crippen LogP contribution in [0.1, 0.15) is 6.92 Å². The summed E-state index contributed by atoms with van der Waals surface area (Å²) >= 11 is 0. The Morgan fingerprint density at radius 1 is 1.00 bits per heavy atom. The van der Waals surface area contributed by atoms with Gasteiger partial charge in [-0.15, -0.1) is 0 Å². The molecule has 0 bridgehead atoms. The molecule has 0 aliphatic heterocycles. The zero-order chi connectivity index (χ0) is 13.0. The quantitative estimate of drug-likeness (QED) is 0.413. The number of halogens is 7. The van der Waals surface area contributed by atoms with Gasteiger partial charge in [0.1, 0.15) is 0 Å². The molecule has 1 nitrogen and oxygen atoms in total. The van der Waals surface area contributed by atoms with Gasteiger partial charge in [0.2, 0.25) is 0 Å². The van der Waals surface area contributed by atoms with Gasteiger partial charge in [-0.2, -0.15) is 30.7 Å². The molecular weight excluding hydrogens is 245 g/mol. The molecule has 0 saturated carbocycles. The van der Waals surface area contributed by atoms with Crippen LogP contribution in [0.3, 0.4) is 0 Å². The molecule has 0 N–H and O–H groups in total. The third-order valence-corrected chi connectivity index (χ3v) is 1.46. The minimum atomic E-state index is -6.31. The number of ether oxygens (including phenoxy) is 1. The predicted molar refractivity (Wildman–Crippen MR) is 41.0 cm³/mol. The Morgan fingerprint density at radius 2 is 1.50 bits per heavy atom. The van der Waals surface area contributed by atoms with Crippen LogP contribution < -0.4 is 0 Å². The highest BCUT2D eigenvalue weighted by molar-refractivity contribution is 5.05. The molecule has 0 spiro atoms. The van der Waals surface area contributed by atoms with E-state index >= 15 is 0 Å². The molecule has 0 aromatic rings. The first kappa shape index (κ1) is 15.2. The molecule has 0 saturated heterocycles. The average molecular weight is 253 g/mol. The second-order valence-electron chi connectivity index (χ2n) is 2.67. The SMILES string of the molecule is C[CH]OC/C=C/C(F)(F)C(F)(F)C(F)(F)F. The predicted octanol–water partition coefficient (Wildman–Crippen LogP) is 3.57. The van der Waals surface area contributed by atoms with Crippen molar-refractivity contribution in [3.05, 3.63) is 18.8 Å². The molecule has 0 aliphatic carbocycles. The van der Waals surface area contributed by atoms with Crippen LogP contribution in [-0.2, 0) is 4.74 Å². The average Bonchev–Trinajstić information content (AvgIpc) is 2.10. The Kier molecular flexibility index (Phi) is 4.78. The lowest BCUT2D eigenvalue weighted by Gasteiger charge is -2.25. The van der Waals surface area contributed by atoms with Crippen molar-refractivity contribution < 1.29 is 35.5 Å². The third kappa shape index (κ3) is 3.36. The molecule has 0 heterocycles. The highest BCUT2D eigenvalue weighted by Crippen LogP contribution is 2.46. The van der Waals surface area contributed by atoms with Crippen molar-refractivity contribution in [3.63, 3.8) is 0 Å². The van der Waals surface area contributed by atoms with Gasteiger partial charge >= 0.3 is 18.0 Å². The van der Waals surface area contributed by atoms with Gasteiger partial charge < -0.3 is 4.74 Å². The molecule has 0 amide bonds. The van der Waals surface area contributed by atoms with Gasteiger partial charge in [0.25, 0.3) is 0 Å². The fraction of sp³-hybridized carbons (Fsp3) is 0.625. The van der Waals surface area contributed by atoms with E-state index in [1.807, 2.05) is 0 Å². The van der Waals surface area contributed by atoms with Gasteiger partial charge in [-0.1, -0.05) is 6.08 Å². The topological polar surface area (TPSA) is 9.23 Å². The molecule has 95 valence electrons. The highest BCUT2D eigenvalue weighted by atomic mass is 19.4. The summed E-state index contributed by atoms with van der Waals surface area (Å²) in [7, 11) is 0. The Balaban J connectivity index is 4.71. The third-order valence-electron chi connectivity index (χ3n) is 1.46. The zero-order valence-corrected chi connectivity index (χ0v) is 7.99. The molecule has 0 aromatic carbocycles. The molecule has 0 rings (SSSR count). The minimum Gasteiger partial charge on any atom is -0.372 e. The molecular formula is C8H8F7O. The van der Waals surface area contributed by atoms with E-state index in [2.05, 4.69) is 4.74 Å². The maximum absolute atomic E-state index is 12.5. The molecule has 0 atom stereocenters. The van der Waals surface area contributed by atoms with E-state index in [-0.39, 0.29) is 0 Å². The van der Waals surface area contributed by atoms with Crippen molar-refractivity contribution in [1.82, 2.24) is 0 Å². The Labute approximate surface area is 86.9 Å². The van der Waals surface area contributed by atoms with Gasteiger partial charge in [0.15, 0.2) is 0 Å². The van der Waals surface area contributed by atoms with E-state index in [1.54, 1.807) is 0 Å². The van der Waals surface area contributed by atoms with E-state index < -0.39 is 30.7 Å². The molecule has 8 heteroatoms. The summed E-state index contributed by atoms with van der Waals surface area (Å²) in [5, 5.41) is 0. The Bertz CT molecular complexity index is 243. The monoisotopic (exact) mass is 253 g/mol. The van der Waals surface area contributed by atoms with Crippen LogP contribution in [0, 0.1) is 6.61 Å². The Hall–Kier alpha value is -0.790. The summed E-state index contributed by atoms with van der Waals surface area (Å²) in [4.78, 5) is 0. The second-order valence-corrected chi connectivity index (χ2v) is 2.67. The summed E-state index contributed by atoms with van der Waals surface area (Å²) in [6, 6.07) is 0. The van der Waals surface area contributed by atoms with Crippen molar-refractivity contribution in [2.45, 2.75) is 24.9 Å². The zero-order valence-electron chi connectivity index (χ0n) is 7.99. The number of hydrogen-bond donors (Lipinski definition) is 0. The van der Waals surface area contributed by atoms with Crippen LogP contribution in [0.25, 0.3) is 0 Å². The van der Waals surface area contributed by atoms with Crippen LogP contribution in [0.15, 0.2) is 12.2 Å². The lowest BCUT2D eigenvalue weighted by atomic mass is 10.1. The van der Waals surface area contributed by atoms with Crippen LogP contribution in [0.2, 0.25) is 0 Å². The molecule has 0 aromatic heterocycles. The smallest absolute Gasteiger partial charge is 0.372 e. The number of rotatable bonds is 5. The van der Waals surface area contributed by atoms with Crippen LogP contribution in [0.5, 0.6) is 0 Å². The van der Waals surface area contributed by atoms with Gasteiger partial charge in [0, 0.05) is 0 Å². The molecule has 0 unspecified atom stereocenters. The fourth-order valence-corrected chi connectivity index (χ4v) is 0.642. The highest BCUT2D eigenvalue weighted by Gasteiger charge is 2.71. The van der Waals surface area contributed by atoms with Gasteiger partial charge in [0.05, 0.1) is 13.2 Å². The number of alkyl halides is 7. The summed E-state index contributed by atoms with van der Waals surface area (Å²) in [6.45, 7) is 1.95. The van der Waals surface area contributed by atoms with Crippen molar-refractivity contribution in [2.24, 2.45) is 0 Å². The maximum Gasteiger partial charge on any atom is 0.460 e. The standard InChI is InChI=1S/C8H8F7O/c1-2-16-5-3-4-6(9,10)7(11,12)8(13,14)15/h2-4H,5H2,1H3/b4-3+. The van der Waals surface area contributed by atoms with Gasteiger partial charge in [-0.25, -0.2) is 0 Å². The maximum atomic E-state index is 12.5. The second kappa shape index (κ2) is 5.03. The van der Waals surface area contributed by atoms with E-state index in [0.29, 0.717) is 6.08 Å². The first-order valence-corrected chi connectivity index (χ1v) is 3.95. The van der Waals surface area contributed by atoms with E-state index in [9.17, 15) is 30.7 Å². The molecule has 0 fully saturated rings. The largest absolute Gasteiger partial charge is 0.460 e. The first-order chi connectivity index (χ1) is 7.06. The van der Waals surface area contributed by atoms with Crippen LogP contribution in [-0.4, -0.2) is 24.6 Å². The van der Waals surface area contributed by atoms with Gasteiger partial charge in [-0.3, -0.25) is 0 Å². The van der Waals surface area contributed by atoms with Crippen molar-refractivity contribution >= 4 is 0 Å². The van der Waals surface area contributed by atoms with Crippen LogP contribution >= 0.6 is 0 Å². The van der Waals surface area contributed by atoms with E-state index in [1.165, 1.54) is 6.92 Å². The van der Waals surface area contributed by atoms with Crippen molar-refractivity contribution in [3.8, 4) is 0 Å². The van der Waals surface area contributed by atoms with E-state index in [4.69, 9.17) is 0 Å². The van der Waals surface area contributed by atoms with Gasteiger partial charge in [-0.05, 0) is 13.0 Å². The van der Waals surface area contributed by atoms with Crippen molar-refractivity contribution in [1.29, 1.82) is 0 Å². The summed E-state index contributed by atoms with van der Waals surface area (Å²) < 4.78 is 88.7. The summed E-state index contributed by atoms with van der Waals surface area (Å²) in [5.41, 5.74) is 0. The number of hydrogen-bond acceptors (Lipinski definition) is 1. The van der Waals surface area contributed by atoms with Crippen LogP contribution in [0.4, 0.5) is 30.7 Å². The molecule has 0 aliphatic rings. The van der Waals surface area contributed by atoms with E-state index in [0.717, 1.165) is 6.61 Å². The lowest BCUT2D eigenvalue weighted by molar-refractivity contribution is -0.341. The summed E-state index contributed by atoms with van der Waals surface area (Å²) in [5.74, 6) is -11.4. The fourth-order valence-electron chi connectivity index (χ4n) is 0.642. The molecule has 16 heavy (non-hydrogen) atoms. The first-order valence-electron chi connectivity index (χ1n) is 3.95. The number of allylic oxidation sites excluding steroid dienone is 1. The van der Waals surface area contributed by atoms with Crippen molar-refractivity contribution in [2.75, 3.05) is 6.61 Å². The summed E-state index contributed by atoms with van der Waals surface area (Å²) in [6.07, 6.45) is -6.44. The molecule has 1 radical (unpaired) electrons. The minimum absolute atomic E-state index is 0.389. The Morgan fingerprint density at radius 3 is 1.88 bits per heavy atom. The normalized spacial score (nSPS) is 14.8.